The van der Waals surface area contributed by atoms with Gasteiger partial charge in [-0.1, -0.05) is 6.92 Å². The van der Waals surface area contributed by atoms with E-state index in [1.165, 1.54) is 37.8 Å². The fourth-order valence-corrected chi connectivity index (χ4v) is 3.85. The number of aromatic nitrogens is 2. The van der Waals surface area contributed by atoms with Gasteiger partial charge in [-0.05, 0) is 51.1 Å². The van der Waals surface area contributed by atoms with Crippen molar-refractivity contribution in [3.63, 3.8) is 0 Å². The Morgan fingerprint density at radius 3 is 3.00 bits per heavy atom. The van der Waals surface area contributed by atoms with Gasteiger partial charge in [0, 0.05) is 30.9 Å². The summed E-state index contributed by atoms with van der Waals surface area (Å²) >= 11 is 0. The molecule has 2 bridgehead atoms. The van der Waals surface area contributed by atoms with Crippen LogP contribution >= 0.6 is 0 Å². The summed E-state index contributed by atoms with van der Waals surface area (Å²) in [6.45, 7) is 3.35. The summed E-state index contributed by atoms with van der Waals surface area (Å²) in [7, 11) is 2.03. The van der Waals surface area contributed by atoms with Crippen LogP contribution < -0.4 is 5.32 Å². The minimum Gasteiger partial charge on any atom is -0.375 e. The Labute approximate surface area is 121 Å². The SMILES string of the molecule is CCCNC(CCc1ccnn1C)C1CC2CCC1O2. The molecule has 112 valence electrons. The number of aryl methyl sites for hydroxylation is 2. The van der Waals surface area contributed by atoms with E-state index in [2.05, 4.69) is 23.4 Å². The average molecular weight is 277 g/mol. The van der Waals surface area contributed by atoms with Gasteiger partial charge < -0.3 is 10.1 Å². The highest BCUT2D eigenvalue weighted by Gasteiger charge is 2.43. The zero-order chi connectivity index (χ0) is 13.9. The average Bonchev–Trinajstić information content (AvgIpc) is 3.16. The number of fused-ring (bicyclic) bond motifs is 2. The molecule has 2 aliphatic heterocycles. The van der Waals surface area contributed by atoms with Gasteiger partial charge in [-0.15, -0.1) is 0 Å². The molecule has 4 nitrogen and oxygen atoms in total. The molecule has 2 fully saturated rings. The number of hydrogen-bond donors (Lipinski definition) is 1. The van der Waals surface area contributed by atoms with Crippen LogP contribution in [0, 0.1) is 5.92 Å². The lowest BCUT2D eigenvalue weighted by molar-refractivity contribution is 0.0849. The van der Waals surface area contributed by atoms with Gasteiger partial charge in [0.25, 0.3) is 0 Å². The summed E-state index contributed by atoms with van der Waals surface area (Å²) < 4.78 is 8.04. The third kappa shape index (κ3) is 2.91. The van der Waals surface area contributed by atoms with Crippen LogP contribution in [0.4, 0.5) is 0 Å². The highest BCUT2D eigenvalue weighted by molar-refractivity contribution is 5.02. The maximum Gasteiger partial charge on any atom is 0.0623 e. The first-order chi connectivity index (χ1) is 9.78. The first-order valence-corrected chi connectivity index (χ1v) is 8.13. The molecule has 0 aliphatic carbocycles. The van der Waals surface area contributed by atoms with Crippen molar-refractivity contribution in [2.24, 2.45) is 13.0 Å². The summed E-state index contributed by atoms with van der Waals surface area (Å²) in [5.74, 6) is 0.716. The van der Waals surface area contributed by atoms with E-state index in [9.17, 15) is 0 Å². The summed E-state index contributed by atoms with van der Waals surface area (Å²) in [6.07, 6.45) is 10.3. The van der Waals surface area contributed by atoms with Crippen LogP contribution in [0.2, 0.25) is 0 Å². The zero-order valence-corrected chi connectivity index (χ0v) is 12.7. The van der Waals surface area contributed by atoms with Crippen molar-refractivity contribution in [2.75, 3.05) is 6.54 Å². The van der Waals surface area contributed by atoms with Gasteiger partial charge in [-0.2, -0.15) is 5.10 Å². The molecule has 0 aromatic carbocycles. The Morgan fingerprint density at radius 2 is 2.40 bits per heavy atom. The Balaban J connectivity index is 1.59. The van der Waals surface area contributed by atoms with Gasteiger partial charge in [0.05, 0.1) is 12.2 Å². The van der Waals surface area contributed by atoms with Gasteiger partial charge in [0.15, 0.2) is 0 Å². The molecule has 4 heteroatoms. The standard InChI is InChI=1S/C16H27N3O/c1-3-9-17-15(6-4-12-8-10-18-19(12)2)14-11-13-5-7-16(14)20-13/h8,10,13-17H,3-7,9,11H2,1-2H3. The largest absolute Gasteiger partial charge is 0.375 e. The number of rotatable bonds is 7. The van der Waals surface area contributed by atoms with E-state index in [4.69, 9.17) is 4.74 Å². The lowest BCUT2D eigenvalue weighted by Crippen LogP contribution is -2.41. The summed E-state index contributed by atoms with van der Waals surface area (Å²) in [4.78, 5) is 0. The molecule has 1 aromatic heterocycles. The minimum atomic E-state index is 0.515. The van der Waals surface area contributed by atoms with Crippen molar-refractivity contribution in [1.29, 1.82) is 0 Å². The molecular weight excluding hydrogens is 250 g/mol. The van der Waals surface area contributed by atoms with E-state index in [1.807, 2.05) is 17.9 Å². The molecular formula is C16H27N3O. The monoisotopic (exact) mass is 277 g/mol. The number of nitrogens with zero attached hydrogens (tertiary/aromatic N) is 2. The van der Waals surface area contributed by atoms with E-state index < -0.39 is 0 Å². The first kappa shape index (κ1) is 14.1. The van der Waals surface area contributed by atoms with E-state index >= 15 is 0 Å². The summed E-state index contributed by atoms with van der Waals surface area (Å²) in [5.41, 5.74) is 1.33. The predicted octanol–water partition coefficient (Wildman–Crippen LogP) is 2.29. The van der Waals surface area contributed by atoms with Crippen LogP contribution in [-0.2, 0) is 18.2 Å². The fraction of sp³-hybridized carbons (Fsp3) is 0.812. The van der Waals surface area contributed by atoms with Crippen LogP contribution in [-0.4, -0.2) is 34.6 Å². The Morgan fingerprint density at radius 1 is 1.50 bits per heavy atom. The van der Waals surface area contributed by atoms with Crippen LogP contribution in [0.5, 0.6) is 0 Å². The van der Waals surface area contributed by atoms with Crippen LogP contribution in [0.15, 0.2) is 12.3 Å². The molecule has 1 N–H and O–H groups in total. The maximum absolute atomic E-state index is 6.05. The van der Waals surface area contributed by atoms with Crippen LogP contribution in [0.25, 0.3) is 0 Å². The van der Waals surface area contributed by atoms with E-state index in [0.717, 1.165) is 13.0 Å². The van der Waals surface area contributed by atoms with E-state index in [1.54, 1.807) is 0 Å². The topological polar surface area (TPSA) is 39.1 Å². The maximum atomic E-state index is 6.05. The molecule has 20 heavy (non-hydrogen) atoms. The molecule has 3 heterocycles. The molecule has 2 saturated heterocycles. The van der Waals surface area contributed by atoms with E-state index in [-0.39, 0.29) is 0 Å². The molecule has 2 aliphatic rings. The molecule has 4 unspecified atom stereocenters. The minimum absolute atomic E-state index is 0.515. The Hall–Kier alpha value is -0.870. The second-order valence-corrected chi connectivity index (χ2v) is 6.32. The first-order valence-electron chi connectivity index (χ1n) is 8.13. The summed E-state index contributed by atoms with van der Waals surface area (Å²) in [6, 6.07) is 2.73. The highest BCUT2D eigenvalue weighted by atomic mass is 16.5. The smallest absolute Gasteiger partial charge is 0.0623 e. The van der Waals surface area contributed by atoms with Gasteiger partial charge in [-0.3, -0.25) is 4.68 Å². The second-order valence-electron chi connectivity index (χ2n) is 6.32. The quantitative estimate of drug-likeness (QED) is 0.831. The van der Waals surface area contributed by atoms with Crippen molar-refractivity contribution < 1.29 is 4.74 Å². The van der Waals surface area contributed by atoms with Crippen LogP contribution in [0.1, 0.15) is 44.7 Å². The number of ether oxygens (including phenoxy) is 1. The highest BCUT2D eigenvalue weighted by Crippen LogP contribution is 2.41. The molecule has 0 radical (unpaired) electrons. The molecule has 3 rings (SSSR count). The number of nitrogens with one attached hydrogen (secondary N) is 1. The van der Waals surface area contributed by atoms with Crippen molar-refractivity contribution >= 4 is 0 Å². The van der Waals surface area contributed by atoms with Crippen molar-refractivity contribution in [3.8, 4) is 0 Å². The second kappa shape index (κ2) is 6.27. The third-order valence-electron chi connectivity index (χ3n) is 4.96. The van der Waals surface area contributed by atoms with Gasteiger partial charge >= 0.3 is 0 Å². The van der Waals surface area contributed by atoms with Gasteiger partial charge in [0.1, 0.15) is 0 Å². The van der Waals surface area contributed by atoms with Crippen molar-refractivity contribution in [1.82, 2.24) is 15.1 Å². The third-order valence-corrected chi connectivity index (χ3v) is 4.96. The van der Waals surface area contributed by atoms with E-state index in [0.29, 0.717) is 24.2 Å². The molecule has 1 aromatic rings. The van der Waals surface area contributed by atoms with Gasteiger partial charge in [0.2, 0.25) is 0 Å². The molecule has 0 saturated carbocycles. The molecule has 0 spiro atoms. The Bertz CT molecular complexity index is 431. The van der Waals surface area contributed by atoms with Gasteiger partial charge in [-0.25, -0.2) is 0 Å². The lowest BCUT2D eigenvalue weighted by Gasteiger charge is -2.29. The lowest BCUT2D eigenvalue weighted by atomic mass is 9.82. The fourth-order valence-electron chi connectivity index (χ4n) is 3.85. The van der Waals surface area contributed by atoms with Crippen LogP contribution in [0.3, 0.4) is 0 Å². The van der Waals surface area contributed by atoms with Crippen molar-refractivity contribution in [2.45, 2.75) is 63.7 Å². The summed E-state index contributed by atoms with van der Waals surface area (Å²) in [5, 5.41) is 8.03. The van der Waals surface area contributed by atoms with Crippen molar-refractivity contribution in [3.05, 3.63) is 18.0 Å². The predicted molar refractivity (Wildman–Crippen MR) is 79.6 cm³/mol. The normalized spacial score (nSPS) is 30.0. The molecule has 0 amide bonds. The Kier molecular flexibility index (Phi) is 4.41. The molecule has 4 atom stereocenters. The number of hydrogen-bond acceptors (Lipinski definition) is 3. The zero-order valence-electron chi connectivity index (χ0n) is 12.7.